The summed E-state index contributed by atoms with van der Waals surface area (Å²) in [5.41, 5.74) is 2.07. The van der Waals surface area contributed by atoms with E-state index in [-0.39, 0.29) is 0 Å². The highest BCUT2D eigenvalue weighted by Gasteiger charge is 2.21. The lowest BCUT2D eigenvalue weighted by Crippen LogP contribution is -2.46. The summed E-state index contributed by atoms with van der Waals surface area (Å²) < 4.78 is 0. The molecule has 2 aromatic carbocycles. The zero-order valence-corrected chi connectivity index (χ0v) is 18.2. The average Bonchev–Trinajstić information content (AvgIpc) is 2.70. The quantitative estimate of drug-likeness (QED) is 0.612. The van der Waals surface area contributed by atoms with Crippen molar-refractivity contribution in [2.75, 3.05) is 36.4 Å². The first-order valence-corrected chi connectivity index (χ1v) is 10.7. The van der Waals surface area contributed by atoms with Gasteiger partial charge in [0.05, 0.1) is 5.52 Å². The van der Waals surface area contributed by atoms with Gasteiger partial charge in [-0.15, -0.1) is 0 Å². The highest BCUT2D eigenvalue weighted by molar-refractivity contribution is 6.35. The molecule has 0 unspecified atom stereocenters. The van der Waals surface area contributed by atoms with Gasteiger partial charge >= 0.3 is 0 Å². The van der Waals surface area contributed by atoms with Crippen molar-refractivity contribution in [2.24, 2.45) is 0 Å². The number of hydrogen-bond acceptors (Lipinski definition) is 5. The molecule has 1 saturated heterocycles. The fourth-order valence-corrected chi connectivity index (χ4v) is 4.05. The average molecular weight is 430 g/mol. The van der Waals surface area contributed by atoms with Crippen LogP contribution in [0.2, 0.25) is 10.0 Å². The molecule has 0 atom stereocenters. The third kappa shape index (κ3) is 4.74. The molecule has 1 aliphatic heterocycles. The third-order valence-corrected chi connectivity index (χ3v) is 5.67. The fraction of sp³-hybridized carbons (Fsp3) is 0.364. The molecule has 0 radical (unpaired) electrons. The van der Waals surface area contributed by atoms with Crippen LogP contribution in [0.4, 0.5) is 11.8 Å². The van der Waals surface area contributed by atoms with E-state index in [4.69, 9.17) is 33.2 Å². The minimum absolute atomic E-state index is 0.308. The van der Waals surface area contributed by atoms with Crippen molar-refractivity contribution in [3.63, 3.8) is 0 Å². The number of piperazine rings is 1. The molecule has 2 heterocycles. The van der Waals surface area contributed by atoms with Crippen LogP contribution in [-0.2, 0) is 6.54 Å². The molecule has 1 aromatic heterocycles. The zero-order valence-electron chi connectivity index (χ0n) is 16.7. The van der Waals surface area contributed by atoms with Gasteiger partial charge in [0, 0.05) is 54.2 Å². The number of nitrogens with one attached hydrogen (secondary N) is 1. The lowest BCUT2D eigenvalue weighted by molar-refractivity contribution is 0.249. The van der Waals surface area contributed by atoms with Crippen LogP contribution in [0.5, 0.6) is 0 Å². The number of fused-ring (bicyclic) bond motifs is 1. The van der Waals surface area contributed by atoms with Crippen molar-refractivity contribution in [2.45, 2.75) is 26.4 Å². The molecule has 1 fully saturated rings. The molecule has 7 heteroatoms. The first-order chi connectivity index (χ1) is 14.0. The van der Waals surface area contributed by atoms with Gasteiger partial charge in [-0.25, -0.2) is 4.98 Å². The molecular formula is C22H25Cl2N5. The number of hydrogen-bond donors (Lipinski definition) is 1. The summed E-state index contributed by atoms with van der Waals surface area (Å²) in [5.74, 6) is 1.69. The lowest BCUT2D eigenvalue weighted by Gasteiger charge is -2.35. The monoisotopic (exact) mass is 429 g/mol. The molecule has 5 nitrogen and oxygen atoms in total. The second-order valence-electron chi connectivity index (χ2n) is 7.69. The number of benzene rings is 2. The van der Waals surface area contributed by atoms with Crippen LogP contribution in [0.15, 0.2) is 42.5 Å². The number of rotatable bonds is 5. The van der Waals surface area contributed by atoms with Gasteiger partial charge in [-0.3, -0.25) is 4.90 Å². The van der Waals surface area contributed by atoms with Crippen LogP contribution in [0.1, 0.15) is 19.4 Å². The molecular weight excluding hydrogens is 405 g/mol. The largest absolute Gasteiger partial charge is 0.367 e. The predicted molar refractivity (Wildman–Crippen MR) is 122 cm³/mol. The second kappa shape index (κ2) is 8.74. The molecule has 0 aliphatic carbocycles. The summed E-state index contributed by atoms with van der Waals surface area (Å²) >= 11 is 12.3. The Balaban J connectivity index is 1.48. The van der Waals surface area contributed by atoms with E-state index in [0.717, 1.165) is 66.0 Å². The zero-order chi connectivity index (χ0) is 20.4. The van der Waals surface area contributed by atoms with E-state index < -0.39 is 0 Å². The maximum atomic E-state index is 6.34. The van der Waals surface area contributed by atoms with E-state index in [1.54, 1.807) is 6.07 Å². The molecule has 0 saturated carbocycles. The normalized spacial score (nSPS) is 15.3. The van der Waals surface area contributed by atoms with Crippen LogP contribution >= 0.6 is 23.2 Å². The van der Waals surface area contributed by atoms with Crippen molar-refractivity contribution in [3.8, 4) is 0 Å². The summed E-state index contributed by atoms with van der Waals surface area (Å²) in [6, 6.07) is 14.2. The van der Waals surface area contributed by atoms with Crippen molar-refractivity contribution in [1.29, 1.82) is 0 Å². The van der Waals surface area contributed by atoms with Gasteiger partial charge in [-0.2, -0.15) is 4.98 Å². The van der Waals surface area contributed by atoms with Crippen molar-refractivity contribution >= 4 is 45.9 Å². The van der Waals surface area contributed by atoms with Crippen LogP contribution in [0.3, 0.4) is 0 Å². The van der Waals surface area contributed by atoms with E-state index in [1.807, 2.05) is 30.3 Å². The third-order valence-electron chi connectivity index (χ3n) is 5.08. The van der Waals surface area contributed by atoms with E-state index >= 15 is 0 Å². The second-order valence-corrected chi connectivity index (χ2v) is 8.53. The molecule has 0 spiro atoms. The van der Waals surface area contributed by atoms with E-state index in [0.29, 0.717) is 11.1 Å². The van der Waals surface area contributed by atoms with Crippen LogP contribution in [-0.4, -0.2) is 47.1 Å². The van der Waals surface area contributed by atoms with Gasteiger partial charge in [-0.05, 0) is 43.7 Å². The molecule has 3 aromatic rings. The summed E-state index contributed by atoms with van der Waals surface area (Å²) in [7, 11) is 0. The van der Waals surface area contributed by atoms with Crippen molar-refractivity contribution in [3.05, 3.63) is 58.1 Å². The number of nitrogens with zero attached hydrogens (tertiary/aromatic N) is 4. The summed E-state index contributed by atoms with van der Waals surface area (Å²) in [5, 5.41) is 5.92. The minimum atomic E-state index is 0.308. The highest BCUT2D eigenvalue weighted by atomic mass is 35.5. The Morgan fingerprint density at radius 1 is 1.00 bits per heavy atom. The Kier molecular flexibility index (Phi) is 6.09. The van der Waals surface area contributed by atoms with E-state index in [1.165, 1.54) is 0 Å². The minimum Gasteiger partial charge on any atom is -0.367 e. The summed E-state index contributed by atoms with van der Waals surface area (Å²) in [6.45, 7) is 8.69. The Morgan fingerprint density at radius 3 is 2.48 bits per heavy atom. The molecule has 152 valence electrons. The molecule has 1 aliphatic rings. The van der Waals surface area contributed by atoms with Gasteiger partial charge in [0.15, 0.2) is 0 Å². The molecule has 29 heavy (non-hydrogen) atoms. The summed E-state index contributed by atoms with van der Waals surface area (Å²) in [6.07, 6.45) is 0. The van der Waals surface area contributed by atoms with Gasteiger partial charge in [-0.1, -0.05) is 41.4 Å². The first-order valence-electron chi connectivity index (χ1n) is 9.94. The molecule has 0 amide bonds. The van der Waals surface area contributed by atoms with Crippen LogP contribution in [0, 0.1) is 0 Å². The van der Waals surface area contributed by atoms with Crippen LogP contribution in [0.25, 0.3) is 10.9 Å². The smallest absolute Gasteiger partial charge is 0.227 e. The topological polar surface area (TPSA) is 44.3 Å². The van der Waals surface area contributed by atoms with Gasteiger partial charge in [0.2, 0.25) is 5.95 Å². The predicted octanol–water partition coefficient (Wildman–Crippen LogP) is 5.08. The Morgan fingerprint density at radius 2 is 1.76 bits per heavy atom. The number of anilines is 2. The molecule has 1 N–H and O–H groups in total. The van der Waals surface area contributed by atoms with Gasteiger partial charge in [0.25, 0.3) is 0 Å². The lowest BCUT2D eigenvalue weighted by atomic mass is 10.2. The summed E-state index contributed by atoms with van der Waals surface area (Å²) in [4.78, 5) is 14.3. The Bertz CT molecular complexity index is 1000. The van der Waals surface area contributed by atoms with Gasteiger partial charge in [0.1, 0.15) is 5.82 Å². The van der Waals surface area contributed by atoms with Crippen molar-refractivity contribution < 1.29 is 0 Å². The van der Waals surface area contributed by atoms with E-state index in [9.17, 15) is 0 Å². The number of aromatic nitrogens is 2. The Hall–Kier alpha value is -2.08. The maximum absolute atomic E-state index is 6.34. The first kappa shape index (κ1) is 20.2. The highest BCUT2D eigenvalue weighted by Crippen LogP contribution is 2.26. The number of halogens is 2. The van der Waals surface area contributed by atoms with Gasteiger partial charge < -0.3 is 10.2 Å². The standard InChI is InChI=1S/C22H25Cl2N5/c1-15(2)25-21-18-5-3-4-6-20(18)26-22(27-21)29-11-9-28(10-12-29)14-16-7-8-17(23)13-19(16)24/h3-8,13,15H,9-12,14H2,1-2H3,(H,25,26,27). The van der Waals surface area contributed by atoms with E-state index in [2.05, 4.69) is 35.0 Å². The van der Waals surface area contributed by atoms with Crippen LogP contribution < -0.4 is 10.2 Å². The van der Waals surface area contributed by atoms with Crippen molar-refractivity contribution in [1.82, 2.24) is 14.9 Å². The number of para-hydroxylation sites is 1. The molecule has 0 bridgehead atoms. The fourth-order valence-electron chi connectivity index (χ4n) is 3.59. The molecule has 4 rings (SSSR count). The SMILES string of the molecule is CC(C)Nc1nc(N2CCN(Cc3ccc(Cl)cc3Cl)CC2)nc2ccccc12. The Labute approximate surface area is 181 Å². The maximum Gasteiger partial charge on any atom is 0.227 e.